The maximum Gasteiger partial charge on any atom is 0.317 e. The minimum absolute atomic E-state index is 0.0895. The number of pyridine rings is 1. The van der Waals surface area contributed by atoms with Gasteiger partial charge in [0.25, 0.3) is 5.91 Å². The molecule has 3 amide bonds. The number of rotatable bonds is 7. The van der Waals surface area contributed by atoms with Crippen LogP contribution in [0, 0.1) is 17.8 Å². The molecule has 0 aliphatic carbocycles. The summed E-state index contributed by atoms with van der Waals surface area (Å²) in [6.45, 7) is 9.02. The predicted octanol–water partition coefficient (Wildman–Crippen LogP) is 2.50. The molecule has 0 saturated carbocycles. The summed E-state index contributed by atoms with van der Waals surface area (Å²) in [5.74, 6) is 6.01. The Balaban J connectivity index is 2.38. The monoisotopic (exact) mass is 444 g/mol. The summed E-state index contributed by atoms with van der Waals surface area (Å²) in [4.78, 5) is 33.3. The van der Waals surface area contributed by atoms with Gasteiger partial charge in [0.05, 0.1) is 19.2 Å². The molecular formula is C24H36N4O4. The second-order valence-corrected chi connectivity index (χ2v) is 8.36. The van der Waals surface area contributed by atoms with Gasteiger partial charge in [-0.1, -0.05) is 32.6 Å². The van der Waals surface area contributed by atoms with Crippen LogP contribution in [0.4, 0.5) is 4.79 Å². The number of amides is 3. The lowest BCUT2D eigenvalue weighted by Gasteiger charge is -2.37. The van der Waals surface area contributed by atoms with E-state index in [4.69, 9.17) is 4.74 Å². The maximum atomic E-state index is 13.3. The van der Waals surface area contributed by atoms with Crippen LogP contribution in [0.25, 0.3) is 0 Å². The first kappa shape index (κ1) is 25.5. The van der Waals surface area contributed by atoms with Gasteiger partial charge in [-0.05, 0) is 25.8 Å². The Morgan fingerprint density at radius 2 is 2.19 bits per heavy atom. The third-order valence-corrected chi connectivity index (χ3v) is 5.46. The van der Waals surface area contributed by atoms with Crippen LogP contribution in [0.3, 0.4) is 0 Å². The van der Waals surface area contributed by atoms with Crippen molar-refractivity contribution in [2.45, 2.75) is 59.1 Å². The topological polar surface area (TPSA) is 95.0 Å². The lowest BCUT2D eigenvalue weighted by Crippen LogP contribution is -2.51. The zero-order valence-corrected chi connectivity index (χ0v) is 19.9. The molecule has 0 unspecified atom stereocenters. The molecule has 176 valence electrons. The largest absolute Gasteiger partial charge is 0.472 e. The molecule has 1 aliphatic heterocycles. The molecule has 2 N–H and O–H groups in total. The van der Waals surface area contributed by atoms with Crippen LogP contribution < -0.4 is 10.1 Å². The quantitative estimate of drug-likeness (QED) is 0.630. The van der Waals surface area contributed by atoms with E-state index in [1.807, 2.05) is 20.8 Å². The van der Waals surface area contributed by atoms with Gasteiger partial charge in [-0.2, -0.15) is 0 Å². The van der Waals surface area contributed by atoms with Crippen LogP contribution in [0.5, 0.6) is 5.88 Å². The first-order valence-corrected chi connectivity index (χ1v) is 11.4. The number of aliphatic hydroxyl groups is 1. The van der Waals surface area contributed by atoms with Gasteiger partial charge in [0.2, 0.25) is 5.88 Å². The molecule has 1 aromatic heterocycles. The van der Waals surface area contributed by atoms with E-state index in [2.05, 4.69) is 29.1 Å². The number of aliphatic hydroxyl groups excluding tert-OH is 1. The normalized spacial score (nSPS) is 18.9. The lowest BCUT2D eigenvalue weighted by atomic mass is 10.00. The third kappa shape index (κ3) is 6.60. The second-order valence-electron chi connectivity index (χ2n) is 8.36. The number of carbonyl (C=O) groups is 2. The highest BCUT2D eigenvalue weighted by atomic mass is 16.5. The fraction of sp³-hybridized carbons (Fsp3) is 0.625. The van der Waals surface area contributed by atoms with Crippen LogP contribution in [0.15, 0.2) is 12.3 Å². The summed E-state index contributed by atoms with van der Waals surface area (Å²) in [6.07, 6.45) is 3.80. The highest BCUT2D eigenvalue weighted by Gasteiger charge is 2.34. The van der Waals surface area contributed by atoms with Gasteiger partial charge in [-0.25, -0.2) is 9.78 Å². The summed E-state index contributed by atoms with van der Waals surface area (Å²) in [7, 11) is 1.72. The Morgan fingerprint density at radius 3 is 2.84 bits per heavy atom. The smallest absolute Gasteiger partial charge is 0.317 e. The first-order valence-electron chi connectivity index (χ1n) is 11.4. The Morgan fingerprint density at radius 1 is 1.44 bits per heavy atom. The van der Waals surface area contributed by atoms with Gasteiger partial charge in [0.15, 0.2) is 0 Å². The number of hydrogen-bond acceptors (Lipinski definition) is 5. The Hall–Kier alpha value is -2.79. The SMILES string of the molecule is CCCC#Cc1cnc2c(c1)C(=O)N([C@H](C)CO)C[C@H](C)[C@H](CN(C)C(=O)NCCC)O2. The Labute approximate surface area is 191 Å². The number of urea groups is 1. The third-order valence-electron chi connectivity index (χ3n) is 5.46. The summed E-state index contributed by atoms with van der Waals surface area (Å²) in [6, 6.07) is 1.17. The molecule has 32 heavy (non-hydrogen) atoms. The molecule has 0 fully saturated rings. The van der Waals surface area contributed by atoms with E-state index in [1.165, 1.54) is 0 Å². The van der Waals surface area contributed by atoms with Crippen molar-refractivity contribution in [2.75, 3.05) is 33.3 Å². The fourth-order valence-electron chi connectivity index (χ4n) is 3.40. The Bertz CT molecular complexity index is 848. The van der Waals surface area contributed by atoms with E-state index in [9.17, 15) is 14.7 Å². The van der Waals surface area contributed by atoms with Gasteiger partial charge in [0.1, 0.15) is 11.7 Å². The number of carbonyl (C=O) groups excluding carboxylic acids is 2. The minimum atomic E-state index is -0.378. The van der Waals surface area contributed by atoms with E-state index in [0.29, 0.717) is 30.8 Å². The molecular weight excluding hydrogens is 408 g/mol. The standard InChI is InChI=1S/C24H36N4O4/c1-6-8-9-10-19-12-20-22(26-13-19)32-21(15-27(5)24(31)25-11-7-2)17(3)14-28(23(20)30)18(4)16-29/h12-13,17-18,21,29H,6-8,11,14-16H2,1-5H3,(H,25,31)/t17-,18+,21-/m0/s1. The van der Waals surface area contributed by atoms with Gasteiger partial charge >= 0.3 is 6.03 Å². The zero-order valence-electron chi connectivity index (χ0n) is 19.9. The molecule has 2 rings (SSSR count). The van der Waals surface area contributed by atoms with E-state index < -0.39 is 0 Å². The van der Waals surface area contributed by atoms with E-state index in [0.717, 1.165) is 19.3 Å². The molecule has 3 atom stereocenters. The molecule has 0 saturated heterocycles. The van der Waals surface area contributed by atoms with Gasteiger partial charge in [-0.3, -0.25) is 4.79 Å². The molecule has 1 aliphatic rings. The van der Waals surface area contributed by atoms with E-state index >= 15 is 0 Å². The van der Waals surface area contributed by atoms with Crippen molar-refractivity contribution >= 4 is 11.9 Å². The van der Waals surface area contributed by atoms with Crippen LogP contribution >= 0.6 is 0 Å². The van der Waals surface area contributed by atoms with Crippen LogP contribution in [-0.2, 0) is 0 Å². The van der Waals surface area contributed by atoms with Crippen molar-refractivity contribution in [3.8, 4) is 17.7 Å². The number of aromatic nitrogens is 1. The average molecular weight is 445 g/mol. The molecule has 8 heteroatoms. The number of hydrogen-bond donors (Lipinski definition) is 2. The Kier molecular flexibility index (Phi) is 9.79. The summed E-state index contributed by atoms with van der Waals surface area (Å²) < 4.78 is 6.20. The summed E-state index contributed by atoms with van der Waals surface area (Å²) in [5.41, 5.74) is 0.968. The molecule has 2 heterocycles. The highest BCUT2D eigenvalue weighted by molar-refractivity contribution is 5.97. The number of likely N-dealkylation sites (N-methyl/N-ethyl adjacent to an activating group) is 1. The average Bonchev–Trinajstić information content (AvgIpc) is 2.79. The highest BCUT2D eigenvalue weighted by Crippen LogP contribution is 2.27. The number of nitrogens with one attached hydrogen (secondary N) is 1. The van der Waals surface area contributed by atoms with Gasteiger partial charge in [0, 0.05) is 44.2 Å². The van der Waals surface area contributed by atoms with Crippen molar-refractivity contribution in [1.29, 1.82) is 0 Å². The second kappa shape index (κ2) is 12.3. The first-order chi connectivity index (χ1) is 15.3. The molecule has 0 radical (unpaired) electrons. The number of nitrogens with zero attached hydrogens (tertiary/aromatic N) is 3. The molecule has 0 spiro atoms. The number of unbranched alkanes of at least 4 members (excludes halogenated alkanes) is 1. The van der Waals surface area contributed by atoms with Crippen molar-refractivity contribution in [3.05, 3.63) is 23.4 Å². The minimum Gasteiger partial charge on any atom is -0.472 e. The number of fused-ring (bicyclic) bond motifs is 1. The lowest BCUT2D eigenvalue weighted by molar-refractivity contribution is 0.0352. The fourth-order valence-corrected chi connectivity index (χ4v) is 3.40. The molecule has 0 bridgehead atoms. The van der Waals surface area contributed by atoms with E-state index in [1.54, 1.807) is 29.1 Å². The van der Waals surface area contributed by atoms with Crippen LogP contribution in [-0.4, -0.2) is 77.3 Å². The molecule has 1 aromatic rings. The summed E-state index contributed by atoms with van der Waals surface area (Å²) >= 11 is 0. The number of ether oxygens (including phenoxy) is 1. The molecule has 8 nitrogen and oxygen atoms in total. The van der Waals surface area contributed by atoms with Crippen molar-refractivity contribution in [2.24, 2.45) is 5.92 Å². The van der Waals surface area contributed by atoms with Crippen LogP contribution in [0.1, 0.15) is 62.9 Å². The van der Waals surface area contributed by atoms with E-state index in [-0.39, 0.29) is 42.5 Å². The summed E-state index contributed by atoms with van der Waals surface area (Å²) in [5, 5.41) is 12.6. The van der Waals surface area contributed by atoms with Gasteiger partial charge in [-0.15, -0.1) is 0 Å². The van der Waals surface area contributed by atoms with Crippen molar-refractivity contribution < 1.29 is 19.4 Å². The zero-order chi connectivity index (χ0) is 23.7. The predicted molar refractivity (Wildman–Crippen MR) is 124 cm³/mol. The van der Waals surface area contributed by atoms with Crippen molar-refractivity contribution in [1.82, 2.24) is 20.1 Å². The van der Waals surface area contributed by atoms with Gasteiger partial charge < -0.3 is 25.0 Å². The molecule has 0 aromatic carbocycles. The van der Waals surface area contributed by atoms with Crippen LogP contribution in [0.2, 0.25) is 0 Å². The van der Waals surface area contributed by atoms with Crippen molar-refractivity contribution in [3.63, 3.8) is 0 Å². The maximum absolute atomic E-state index is 13.3.